The van der Waals surface area contributed by atoms with Gasteiger partial charge in [0.05, 0.1) is 6.33 Å². The van der Waals surface area contributed by atoms with Crippen molar-refractivity contribution in [1.82, 2.24) is 24.8 Å². The number of amides is 1. The van der Waals surface area contributed by atoms with E-state index < -0.39 is 17.8 Å². The fourth-order valence-corrected chi connectivity index (χ4v) is 2.14. The number of anilines is 1. The third-order valence-corrected chi connectivity index (χ3v) is 3.62. The average Bonchev–Trinajstić information content (AvgIpc) is 3.04. The number of fused-ring (bicyclic) bond motifs is 1. The summed E-state index contributed by atoms with van der Waals surface area (Å²) >= 11 is 0. The number of terminal acetylenes is 1. The summed E-state index contributed by atoms with van der Waals surface area (Å²) in [6.45, 7) is 0.136. The number of hydrogen-bond donors (Lipinski definition) is 3. The lowest BCUT2D eigenvalue weighted by atomic mass is 10.0. The van der Waals surface area contributed by atoms with Crippen LogP contribution in [0.15, 0.2) is 6.33 Å². The minimum atomic E-state index is -1.15. The minimum Gasteiger partial charge on any atom is -0.445 e. The monoisotopic (exact) mass is 351 g/mol. The van der Waals surface area contributed by atoms with E-state index in [-0.39, 0.29) is 31.0 Å². The fourth-order valence-electron chi connectivity index (χ4n) is 2.14. The highest BCUT2D eigenvalue weighted by Gasteiger charge is 2.29. The van der Waals surface area contributed by atoms with Gasteiger partial charge in [0.2, 0.25) is 0 Å². The molecule has 0 radical (unpaired) electrons. The average molecular weight is 351 g/mol. The number of nitrogens with one attached hydrogen (secondary N) is 2. The highest BCUT2D eigenvalue weighted by molar-refractivity contribution is 5.82. The first-order valence-corrected chi connectivity index (χ1v) is 7.21. The van der Waals surface area contributed by atoms with Crippen LogP contribution in [0, 0.1) is 18.4 Å². The van der Waals surface area contributed by atoms with Gasteiger partial charge in [0.25, 0.3) is 0 Å². The van der Waals surface area contributed by atoms with E-state index in [2.05, 4.69) is 31.6 Å². The topological polar surface area (TPSA) is 129 Å². The molecule has 0 bridgehead atoms. The molecule has 0 unspecified atom stereocenters. The lowest BCUT2D eigenvalue weighted by Gasteiger charge is -2.26. The molecule has 1 amide bonds. The second kappa shape index (κ2) is 7.73. The van der Waals surface area contributed by atoms with Gasteiger partial charge in [-0.25, -0.2) is 15.6 Å². The Morgan fingerprint density at radius 3 is 2.92 bits per heavy atom. The van der Waals surface area contributed by atoms with Crippen LogP contribution in [0.5, 0.6) is 0 Å². The summed E-state index contributed by atoms with van der Waals surface area (Å²) in [7, 11) is 2.85. The van der Waals surface area contributed by atoms with Gasteiger partial charge >= 0.3 is 12.2 Å². The van der Waals surface area contributed by atoms with E-state index in [1.807, 2.05) is 0 Å². The number of halogens is 1. The van der Waals surface area contributed by atoms with Crippen molar-refractivity contribution in [2.24, 2.45) is 5.84 Å². The largest absolute Gasteiger partial charge is 0.445 e. The van der Waals surface area contributed by atoms with Crippen molar-refractivity contribution in [3.8, 4) is 12.3 Å². The molecule has 1 atom stereocenters. The molecule has 25 heavy (non-hydrogen) atoms. The number of carbonyl (C=O) groups is 1. The van der Waals surface area contributed by atoms with Gasteiger partial charge < -0.3 is 24.8 Å². The summed E-state index contributed by atoms with van der Waals surface area (Å²) < 4.78 is 25.4. The molecule has 0 aliphatic carbocycles. The van der Waals surface area contributed by atoms with Crippen LogP contribution in [0.25, 0.3) is 11.2 Å². The third-order valence-electron chi connectivity index (χ3n) is 3.62. The van der Waals surface area contributed by atoms with Gasteiger partial charge in [-0.05, 0) is 0 Å². The number of alkyl carbamates (subject to hydrolysis) is 1. The Bertz CT molecular complexity index is 804. The van der Waals surface area contributed by atoms with Crippen molar-refractivity contribution in [1.29, 1.82) is 0 Å². The fraction of sp³-hybridized carbons (Fsp3) is 0.429. The highest BCUT2D eigenvalue weighted by Crippen LogP contribution is 2.21. The number of ether oxygens (including phenoxy) is 2. The van der Waals surface area contributed by atoms with Crippen LogP contribution in [0.1, 0.15) is 6.42 Å². The molecule has 2 aromatic rings. The number of hydrazine groups is 1. The van der Waals surface area contributed by atoms with E-state index in [0.717, 1.165) is 0 Å². The number of carbonyl (C=O) groups excluding carboxylic acids is 1. The summed E-state index contributed by atoms with van der Waals surface area (Å²) in [6.07, 6.45) is 5.69. The zero-order chi connectivity index (χ0) is 18.4. The van der Waals surface area contributed by atoms with Gasteiger partial charge in [0.15, 0.2) is 22.6 Å². The molecule has 0 fully saturated rings. The van der Waals surface area contributed by atoms with Crippen molar-refractivity contribution < 1.29 is 18.7 Å². The van der Waals surface area contributed by atoms with Crippen molar-refractivity contribution in [3.63, 3.8) is 0 Å². The van der Waals surface area contributed by atoms with Gasteiger partial charge in [-0.3, -0.25) is 0 Å². The molecule has 0 aliphatic rings. The minimum absolute atomic E-state index is 0.0687. The molecule has 0 aliphatic heterocycles. The Kier molecular flexibility index (Phi) is 5.68. The van der Waals surface area contributed by atoms with Crippen LogP contribution < -0.4 is 16.6 Å². The molecule has 0 saturated heterocycles. The second-order valence-electron chi connectivity index (χ2n) is 5.01. The number of imidazole rings is 1. The molecule has 4 N–H and O–H groups in total. The molecule has 2 heterocycles. The second-order valence-corrected chi connectivity index (χ2v) is 5.01. The number of methoxy groups -OCH3 is 1. The smallest absolute Gasteiger partial charge is 0.407 e. The molecule has 10 nitrogen and oxygen atoms in total. The molecule has 2 rings (SSSR count). The molecule has 0 aromatic carbocycles. The van der Waals surface area contributed by atoms with Crippen LogP contribution in [0.4, 0.5) is 15.0 Å². The zero-order valence-electron chi connectivity index (χ0n) is 13.7. The summed E-state index contributed by atoms with van der Waals surface area (Å²) in [5.74, 6) is 7.86. The number of nitrogens with zero attached hydrogens (tertiary/aromatic N) is 4. The van der Waals surface area contributed by atoms with Crippen molar-refractivity contribution in [3.05, 3.63) is 12.4 Å². The van der Waals surface area contributed by atoms with Crippen LogP contribution in [-0.2, 0) is 16.0 Å². The number of hydrogen-bond acceptors (Lipinski definition) is 8. The van der Waals surface area contributed by atoms with Gasteiger partial charge in [0.1, 0.15) is 6.61 Å². The van der Waals surface area contributed by atoms with E-state index in [4.69, 9.17) is 21.7 Å². The number of nitrogen functional groups attached to an aromatic ring is 1. The molecular formula is C14H18FN7O3. The first-order chi connectivity index (χ1) is 12.0. The molecule has 2 aromatic heterocycles. The van der Waals surface area contributed by atoms with Crippen LogP contribution in [-0.4, -0.2) is 52.0 Å². The first-order valence-electron chi connectivity index (χ1n) is 7.21. The van der Waals surface area contributed by atoms with Crippen LogP contribution in [0.3, 0.4) is 0 Å². The molecule has 0 spiro atoms. The number of aromatic nitrogens is 4. The van der Waals surface area contributed by atoms with E-state index in [0.29, 0.717) is 5.52 Å². The van der Waals surface area contributed by atoms with Crippen LogP contribution in [0.2, 0.25) is 0 Å². The summed E-state index contributed by atoms with van der Waals surface area (Å²) in [5.41, 5.74) is 1.68. The predicted octanol–water partition coefficient (Wildman–Crippen LogP) is 0.0155. The zero-order valence-corrected chi connectivity index (χ0v) is 13.7. The normalized spacial score (nSPS) is 13.1. The highest BCUT2D eigenvalue weighted by atomic mass is 19.1. The number of aryl methyl sites for hydroxylation is 1. The summed E-state index contributed by atoms with van der Waals surface area (Å²) in [6, 6.07) is 0. The summed E-state index contributed by atoms with van der Waals surface area (Å²) in [4.78, 5) is 22.6. The number of rotatable bonds is 7. The van der Waals surface area contributed by atoms with Gasteiger partial charge in [-0.1, -0.05) is 5.92 Å². The van der Waals surface area contributed by atoms with E-state index in [9.17, 15) is 9.18 Å². The molecule has 11 heteroatoms. The Labute approximate surface area is 142 Å². The Morgan fingerprint density at radius 1 is 1.56 bits per heavy atom. The third kappa shape index (κ3) is 3.93. The van der Waals surface area contributed by atoms with Crippen molar-refractivity contribution in [2.45, 2.75) is 18.6 Å². The van der Waals surface area contributed by atoms with E-state index in [1.165, 1.54) is 20.5 Å². The maximum absolute atomic E-state index is 13.5. The molecule has 134 valence electrons. The predicted molar refractivity (Wildman–Crippen MR) is 86.7 cm³/mol. The Balaban J connectivity index is 2.21. The van der Waals surface area contributed by atoms with Gasteiger partial charge in [-0.15, -0.1) is 6.42 Å². The van der Waals surface area contributed by atoms with Crippen molar-refractivity contribution >= 4 is 23.1 Å². The standard InChI is InChI=1S/C14H18FN7O3/c1-4-14(24-3,7-25-13(23)17-2)5-6-22-8-18-9-10(21-16)19-12(15)20-11(9)22/h1,8H,5-7,16H2,2-3H3,(H,17,23)(H,19,20,21)/t14-/m0/s1. The SMILES string of the molecule is C#C[C@](CCn1cnc2c(NN)nc(F)nc21)(COC(=O)NC)OC. The molecule has 0 saturated carbocycles. The lowest BCUT2D eigenvalue weighted by molar-refractivity contribution is -0.0209. The number of nitrogens with two attached hydrogens (primary N) is 1. The van der Waals surface area contributed by atoms with Gasteiger partial charge in [-0.2, -0.15) is 14.4 Å². The summed E-state index contributed by atoms with van der Waals surface area (Å²) in [5, 5.41) is 2.32. The van der Waals surface area contributed by atoms with Gasteiger partial charge in [0, 0.05) is 27.1 Å². The molecular weight excluding hydrogens is 333 g/mol. The quantitative estimate of drug-likeness (QED) is 0.275. The Morgan fingerprint density at radius 2 is 2.32 bits per heavy atom. The lowest BCUT2D eigenvalue weighted by Crippen LogP contribution is -2.38. The maximum atomic E-state index is 13.5. The van der Waals surface area contributed by atoms with E-state index in [1.54, 1.807) is 4.57 Å². The van der Waals surface area contributed by atoms with Crippen LogP contribution >= 0.6 is 0 Å². The van der Waals surface area contributed by atoms with Crippen molar-refractivity contribution in [2.75, 3.05) is 26.2 Å². The first kappa shape index (κ1) is 18.4. The maximum Gasteiger partial charge on any atom is 0.407 e. The Hall–Kier alpha value is -2.97. The van der Waals surface area contributed by atoms with E-state index >= 15 is 0 Å².